The van der Waals surface area contributed by atoms with Gasteiger partial charge in [0.25, 0.3) is 0 Å². The third-order valence-electron chi connectivity index (χ3n) is 2.53. The van der Waals surface area contributed by atoms with Crippen LogP contribution in [0.2, 0.25) is 0 Å². The van der Waals surface area contributed by atoms with Crippen LogP contribution < -0.4 is 0 Å². The van der Waals surface area contributed by atoms with Crippen molar-refractivity contribution in [3.63, 3.8) is 0 Å². The largest absolute Gasteiger partial charge is 0.299 e. The molecule has 0 unspecified atom stereocenters. The van der Waals surface area contributed by atoms with E-state index in [1.54, 1.807) is 11.3 Å². The summed E-state index contributed by atoms with van der Waals surface area (Å²) in [4.78, 5) is 12.9. The van der Waals surface area contributed by atoms with Crippen molar-refractivity contribution in [3.8, 4) is 0 Å². The molecule has 0 aliphatic heterocycles. The number of benzene rings is 1. The van der Waals surface area contributed by atoms with Gasteiger partial charge in [0.1, 0.15) is 5.78 Å². The van der Waals surface area contributed by atoms with Crippen molar-refractivity contribution in [1.29, 1.82) is 0 Å². The summed E-state index contributed by atoms with van der Waals surface area (Å²) in [5, 5.41) is 2.01. The van der Waals surface area contributed by atoms with Crippen LogP contribution in [-0.2, 0) is 17.6 Å². The van der Waals surface area contributed by atoms with E-state index in [1.807, 2.05) is 29.6 Å². The Bertz CT molecular complexity index is 490. The Labute approximate surface area is 114 Å². The van der Waals surface area contributed by atoms with E-state index < -0.39 is 0 Å². The Balaban J connectivity index is 1.82. The van der Waals surface area contributed by atoms with Crippen molar-refractivity contribution >= 4 is 33.0 Å². The summed E-state index contributed by atoms with van der Waals surface area (Å²) in [7, 11) is 0. The van der Waals surface area contributed by atoms with Gasteiger partial charge in [0.2, 0.25) is 0 Å². The van der Waals surface area contributed by atoms with Crippen LogP contribution in [0, 0.1) is 0 Å². The third-order valence-corrected chi connectivity index (χ3v) is 4.23. The summed E-state index contributed by atoms with van der Waals surface area (Å²) in [5.74, 6) is 0.309. The Morgan fingerprint density at radius 3 is 2.65 bits per heavy atom. The molecule has 2 aromatic rings. The second-order valence-electron chi connectivity index (χ2n) is 3.93. The summed E-state index contributed by atoms with van der Waals surface area (Å²) in [5.41, 5.74) is 1.23. The zero-order valence-electron chi connectivity index (χ0n) is 9.36. The molecule has 0 amide bonds. The van der Waals surface area contributed by atoms with Crippen molar-refractivity contribution < 1.29 is 4.79 Å². The molecule has 0 aliphatic rings. The fourth-order valence-electron chi connectivity index (χ4n) is 1.66. The van der Waals surface area contributed by atoms with Crippen LogP contribution in [0.4, 0.5) is 0 Å². The van der Waals surface area contributed by atoms with Crippen molar-refractivity contribution in [2.24, 2.45) is 0 Å². The molecule has 1 nitrogen and oxygen atoms in total. The predicted octanol–water partition coefficient (Wildman–Crippen LogP) is 4.26. The monoisotopic (exact) mass is 308 g/mol. The van der Waals surface area contributed by atoms with E-state index in [4.69, 9.17) is 0 Å². The van der Waals surface area contributed by atoms with Crippen molar-refractivity contribution in [1.82, 2.24) is 0 Å². The number of aryl methyl sites for hydroxylation is 1. The quantitative estimate of drug-likeness (QED) is 0.807. The summed E-state index contributed by atoms with van der Waals surface area (Å²) in [6.45, 7) is 0. The number of thiophene rings is 1. The lowest BCUT2D eigenvalue weighted by atomic mass is 10.1. The van der Waals surface area contributed by atoms with E-state index in [-0.39, 0.29) is 0 Å². The normalized spacial score (nSPS) is 10.4. The molecule has 3 heteroatoms. The molecule has 0 saturated carbocycles. The van der Waals surface area contributed by atoms with Crippen LogP contribution in [-0.4, -0.2) is 5.78 Å². The molecule has 0 fully saturated rings. The number of rotatable bonds is 5. The Hall–Kier alpha value is -0.930. The molecule has 0 spiro atoms. The first-order valence-corrected chi connectivity index (χ1v) is 7.20. The van der Waals surface area contributed by atoms with E-state index in [2.05, 4.69) is 28.1 Å². The molecule has 0 aliphatic carbocycles. The van der Waals surface area contributed by atoms with E-state index >= 15 is 0 Å². The van der Waals surface area contributed by atoms with Gasteiger partial charge in [-0.25, -0.2) is 0 Å². The second-order valence-corrected chi connectivity index (χ2v) is 5.84. The zero-order chi connectivity index (χ0) is 12.1. The van der Waals surface area contributed by atoms with Crippen LogP contribution in [0.15, 0.2) is 46.3 Å². The number of hydrogen-bond acceptors (Lipinski definition) is 2. The van der Waals surface area contributed by atoms with Crippen molar-refractivity contribution in [2.75, 3.05) is 0 Å². The molecular weight excluding hydrogens is 296 g/mol. The van der Waals surface area contributed by atoms with Gasteiger partial charge in [-0.05, 0) is 34.0 Å². The minimum absolute atomic E-state index is 0.309. The van der Waals surface area contributed by atoms with Crippen LogP contribution in [0.25, 0.3) is 0 Å². The number of carbonyl (C=O) groups excluding carboxylic acids is 1. The van der Waals surface area contributed by atoms with E-state index in [9.17, 15) is 4.79 Å². The van der Waals surface area contributed by atoms with E-state index in [1.165, 1.54) is 5.56 Å². The topological polar surface area (TPSA) is 17.1 Å². The maximum absolute atomic E-state index is 11.8. The van der Waals surface area contributed by atoms with Gasteiger partial charge in [0.05, 0.1) is 0 Å². The Morgan fingerprint density at radius 1 is 1.24 bits per heavy atom. The molecule has 0 saturated heterocycles. The van der Waals surface area contributed by atoms with Gasteiger partial charge >= 0.3 is 0 Å². The van der Waals surface area contributed by atoms with Gasteiger partial charge < -0.3 is 0 Å². The SMILES string of the molecule is O=C(CCc1ccccc1)Cc1cc(Br)cs1. The number of halogens is 1. The minimum Gasteiger partial charge on any atom is -0.299 e. The number of ketones is 1. The number of carbonyl (C=O) groups is 1. The molecule has 1 heterocycles. The van der Waals surface area contributed by atoms with Crippen LogP contribution in [0.1, 0.15) is 16.9 Å². The first kappa shape index (κ1) is 12.5. The molecule has 0 N–H and O–H groups in total. The molecule has 0 bridgehead atoms. The van der Waals surface area contributed by atoms with Crippen LogP contribution in [0.3, 0.4) is 0 Å². The molecule has 1 aromatic carbocycles. The lowest BCUT2D eigenvalue weighted by Gasteiger charge is -2.00. The fourth-order valence-corrected chi connectivity index (χ4v) is 3.14. The Morgan fingerprint density at radius 2 is 2.00 bits per heavy atom. The van der Waals surface area contributed by atoms with Gasteiger partial charge in [-0.1, -0.05) is 30.3 Å². The first-order chi connectivity index (χ1) is 8.24. The van der Waals surface area contributed by atoms with Crippen molar-refractivity contribution in [3.05, 3.63) is 56.7 Å². The highest BCUT2D eigenvalue weighted by molar-refractivity contribution is 9.10. The fraction of sp³-hybridized carbons (Fsp3) is 0.214. The van der Waals surface area contributed by atoms with Gasteiger partial charge in [0.15, 0.2) is 0 Å². The van der Waals surface area contributed by atoms with E-state index in [0.717, 1.165) is 15.8 Å². The standard InChI is InChI=1S/C14H13BrOS/c15-12-8-14(17-10-12)9-13(16)7-6-11-4-2-1-3-5-11/h1-5,8,10H,6-7,9H2. The number of Topliss-reactive ketones (excluding diaryl/α,β-unsaturated/α-hetero) is 1. The van der Waals surface area contributed by atoms with Crippen LogP contribution in [0.5, 0.6) is 0 Å². The van der Waals surface area contributed by atoms with Gasteiger partial charge in [-0.3, -0.25) is 4.79 Å². The van der Waals surface area contributed by atoms with Gasteiger partial charge in [-0.15, -0.1) is 11.3 Å². The smallest absolute Gasteiger partial charge is 0.138 e. The molecule has 1 aromatic heterocycles. The molecule has 2 rings (SSSR count). The zero-order valence-corrected chi connectivity index (χ0v) is 11.8. The average molecular weight is 309 g/mol. The highest BCUT2D eigenvalue weighted by Crippen LogP contribution is 2.20. The molecule has 0 atom stereocenters. The summed E-state index contributed by atoms with van der Waals surface area (Å²) in [6, 6.07) is 12.2. The summed E-state index contributed by atoms with van der Waals surface area (Å²) in [6.07, 6.45) is 2.02. The molecular formula is C14H13BrOS. The van der Waals surface area contributed by atoms with Gasteiger partial charge in [0, 0.05) is 27.6 Å². The highest BCUT2D eigenvalue weighted by Gasteiger charge is 2.06. The second kappa shape index (κ2) is 6.12. The Kier molecular flexibility index (Phi) is 4.51. The van der Waals surface area contributed by atoms with Crippen LogP contribution >= 0.6 is 27.3 Å². The third kappa shape index (κ3) is 4.10. The molecule has 17 heavy (non-hydrogen) atoms. The van der Waals surface area contributed by atoms with E-state index in [0.29, 0.717) is 18.6 Å². The summed E-state index contributed by atoms with van der Waals surface area (Å²) >= 11 is 5.03. The van der Waals surface area contributed by atoms with Crippen molar-refractivity contribution in [2.45, 2.75) is 19.3 Å². The first-order valence-electron chi connectivity index (χ1n) is 5.52. The van der Waals surface area contributed by atoms with Gasteiger partial charge in [-0.2, -0.15) is 0 Å². The molecule has 0 radical (unpaired) electrons. The maximum atomic E-state index is 11.8. The average Bonchev–Trinajstić information content (AvgIpc) is 2.73. The lowest BCUT2D eigenvalue weighted by molar-refractivity contribution is -0.118. The summed E-state index contributed by atoms with van der Waals surface area (Å²) < 4.78 is 1.06. The molecule has 88 valence electrons. The highest BCUT2D eigenvalue weighted by atomic mass is 79.9. The maximum Gasteiger partial charge on any atom is 0.138 e. The lowest BCUT2D eigenvalue weighted by Crippen LogP contribution is -2.02. The minimum atomic E-state index is 0.309. The predicted molar refractivity (Wildman–Crippen MR) is 75.5 cm³/mol. The number of hydrogen-bond donors (Lipinski definition) is 0.